The molecule has 0 aliphatic carbocycles. The second-order valence-corrected chi connectivity index (χ2v) is 7.82. The van der Waals surface area contributed by atoms with Crippen LogP contribution in [0, 0.1) is 11.3 Å². The molecule has 1 saturated heterocycles. The molecule has 1 aliphatic rings. The van der Waals surface area contributed by atoms with E-state index in [4.69, 9.17) is 5.73 Å². The van der Waals surface area contributed by atoms with Gasteiger partial charge in [-0.15, -0.1) is 0 Å². The highest BCUT2D eigenvalue weighted by Crippen LogP contribution is 2.27. The lowest BCUT2D eigenvalue weighted by molar-refractivity contribution is -0.137. The standard InChI is InChI=1S/C19H27N5O4/c1-19(2,11-16(26)24-8-5-13(6-9-24)17(20)27)10-15(25)22-23-18(28)14-4-3-7-21-12-14/h3-4,7,12-13H,5-6,8-11H2,1-2H3,(H2,20,27)(H,22,25)(H,23,28). The van der Waals surface area contributed by atoms with Gasteiger partial charge in [0.25, 0.3) is 5.91 Å². The third-order valence-corrected chi connectivity index (χ3v) is 4.76. The zero-order valence-electron chi connectivity index (χ0n) is 16.2. The van der Waals surface area contributed by atoms with E-state index >= 15 is 0 Å². The molecule has 0 spiro atoms. The topological polar surface area (TPSA) is 134 Å². The Bertz CT molecular complexity index is 727. The van der Waals surface area contributed by atoms with Gasteiger partial charge in [0.2, 0.25) is 17.7 Å². The predicted molar refractivity (Wildman–Crippen MR) is 101 cm³/mol. The monoisotopic (exact) mass is 389 g/mol. The van der Waals surface area contributed by atoms with Gasteiger partial charge in [0.1, 0.15) is 0 Å². The second-order valence-electron chi connectivity index (χ2n) is 7.82. The number of nitrogens with zero attached hydrogens (tertiary/aromatic N) is 2. The minimum atomic E-state index is -0.583. The number of carbonyl (C=O) groups is 4. The number of pyridine rings is 1. The first-order chi connectivity index (χ1) is 13.2. The van der Waals surface area contributed by atoms with Crippen molar-refractivity contribution < 1.29 is 19.2 Å². The Morgan fingerprint density at radius 1 is 1.18 bits per heavy atom. The molecule has 4 N–H and O–H groups in total. The predicted octanol–water partition coefficient (Wildman–Crippen LogP) is 0.373. The highest BCUT2D eigenvalue weighted by atomic mass is 16.2. The van der Waals surface area contributed by atoms with Crippen LogP contribution < -0.4 is 16.6 Å². The minimum absolute atomic E-state index is 0.0554. The molecule has 2 heterocycles. The molecular formula is C19H27N5O4. The molecule has 0 bridgehead atoms. The Morgan fingerprint density at radius 2 is 1.86 bits per heavy atom. The van der Waals surface area contributed by atoms with E-state index in [9.17, 15) is 19.2 Å². The smallest absolute Gasteiger partial charge is 0.271 e. The molecule has 0 unspecified atom stereocenters. The average molecular weight is 389 g/mol. The zero-order valence-corrected chi connectivity index (χ0v) is 16.2. The number of hydrogen-bond donors (Lipinski definition) is 3. The lowest BCUT2D eigenvalue weighted by Gasteiger charge is -2.33. The molecule has 0 saturated carbocycles. The van der Waals surface area contributed by atoms with Gasteiger partial charge in [0.05, 0.1) is 5.56 Å². The number of primary amides is 1. The van der Waals surface area contributed by atoms with Crippen LogP contribution in [0.15, 0.2) is 24.5 Å². The molecule has 9 nitrogen and oxygen atoms in total. The van der Waals surface area contributed by atoms with Gasteiger partial charge in [-0.3, -0.25) is 35.0 Å². The largest absolute Gasteiger partial charge is 0.369 e. The molecule has 2 rings (SSSR count). The zero-order chi connectivity index (χ0) is 20.7. The maximum Gasteiger partial charge on any atom is 0.271 e. The van der Waals surface area contributed by atoms with Gasteiger partial charge in [-0.25, -0.2) is 0 Å². The fraction of sp³-hybridized carbons (Fsp3) is 0.526. The molecule has 0 aromatic carbocycles. The Kier molecular flexibility index (Phi) is 7.08. The minimum Gasteiger partial charge on any atom is -0.369 e. The number of likely N-dealkylation sites (tertiary alicyclic amines) is 1. The van der Waals surface area contributed by atoms with Crippen molar-refractivity contribution in [2.45, 2.75) is 39.5 Å². The Balaban J connectivity index is 1.77. The molecule has 1 fully saturated rings. The first-order valence-electron chi connectivity index (χ1n) is 9.24. The fourth-order valence-electron chi connectivity index (χ4n) is 3.17. The van der Waals surface area contributed by atoms with Crippen LogP contribution in [-0.4, -0.2) is 46.6 Å². The third kappa shape index (κ3) is 6.33. The van der Waals surface area contributed by atoms with Gasteiger partial charge < -0.3 is 10.6 Å². The SMILES string of the molecule is CC(C)(CC(=O)NNC(=O)c1cccnc1)CC(=O)N1CCC(C(N)=O)CC1. The van der Waals surface area contributed by atoms with Crippen molar-refractivity contribution in [1.29, 1.82) is 0 Å². The van der Waals surface area contributed by atoms with Crippen molar-refractivity contribution in [3.05, 3.63) is 30.1 Å². The van der Waals surface area contributed by atoms with Gasteiger partial charge in [-0.1, -0.05) is 13.8 Å². The number of carbonyl (C=O) groups excluding carboxylic acids is 4. The van der Waals surface area contributed by atoms with E-state index in [0.29, 0.717) is 31.5 Å². The molecule has 1 aromatic rings. The van der Waals surface area contributed by atoms with Crippen LogP contribution in [0.2, 0.25) is 0 Å². The number of nitrogens with one attached hydrogen (secondary N) is 2. The summed E-state index contributed by atoms with van der Waals surface area (Å²) < 4.78 is 0. The Morgan fingerprint density at radius 3 is 2.43 bits per heavy atom. The maximum atomic E-state index is 12.5. The number of hydrazine groups is 1. The van der Waals surface area contributed by atoms with E-state index in [2.05, 4.69) is 15.8 Å². The van der Waals surface area contributed by atoms with E-state index in [-0.39, 0.29) is 36.5 Å². The van der Waals surface area contributed by atoms with Crippen LogP contribution in [0.1, 0.15) is 49.9 Å². The number of hydrogen-bond acceptors (Lipinski definition) is 5. The molecule has 1 aromatic heterocycles. The van der Waals surface area contributed by atoms with Crippen LogP contribution in [0.25, 0.3) is 0 Å². The van der Waals surface area contributed by atoms with Gasteiger partial charge in [-0.2, -0.15) is 0 Å². The van der Waals surface area contributed by atoms with E-state index in [1.807, 2.05) is 13.8 Å². The first-order valence-corrected chi connectivity index (χ1v) is 9.24. The maximum absolute atomic E-state index is 12.5. The Hall–Kier alpha value is -2.97. The van der Waals surface area contributed by atoms with Crippen LogP contribution in [-0.2, 0) is 14.4 Å². The molecular weight excluding hydrogens is 362 g/mol. The van der Waals surface area contributed by atoms with Gasteiger partial charge >= 0.3 is 0 Å². The molecule has 0 atom stereocenters. The van der Waals surface area contributed by atoms with Crippen molar-refractivity contribution in [1.82, 2.24) is 20.7 Å². The van der Waals surface area contributed by atoms with Crippen LogP contribution in [0.5, 0.6) is 0 Å². The number of amides is 4. The number of piperidine rings is 1. The summed E-state index contributed by atoms with van der Waals surface area (Å²) in [5.74, 6) is -1.40. The normalized spacial score (nSPS) is 15.0. The van der Waals surface area contributed by atoms with Gasteiger partial charge in [0.15, 0.2) is 0 Å². The summed E-state index contributed by atoms with van der Waals surface area (Å²) in [7, 11) is 0. The van der Waals surface area contributed by atoms with E-state index in [1.165, 1.54) is 6.20 Å². The van der Waals surface area contributed by atoms with Crippen molar-refractivity contribution in [2.24, 2.45) is 17.1 Å². The average Bonchev–Trinajstić information content (AvgIpc) is 2.66. The van der Waals surface area contributed by atoms with Crippen LogP contribution in [0.4, 0.5) is 0 Å². The highest BCUT2D eigenvalue weighted by Gasteiger charge is 2.31. The summed E-state index contributed by atoms with van der Waals surface area (Å²) in [5.41, 5.74) is 9.76. The lowest BCUT2D eigenvalue weighted by Crippen LogP contribution is -2.45. The van der Waals surface area contributed by atoms with Gasteiger partial charge in [-0.05, 0) is 30.4 Å². The second kappa shape index (κ2) is 9.29. The van der Waals surface area contributed by atoms with E-state index in [1.54, 1.807) is 23.2 Å². The van der Waals surface area contributed by atoms with Crippen molar-refractivity contribution in [3.8, 4) is 0 Å². The van der Waals surface area contributed by atoms with Crippen molar-refractivity contribution >= 4 is 23.6 Å². The number of aromatic nitrogens is 1. The number of rotatable bonds is 6. The van der Waals surface area contributed by atoms with Crippen molar-refractivity contribution in [2.75, 3.05) is 13.1 Å². The molecule has 1 aliphatic heterocycles. The summed E-state index contributed by atoms with van der Waals surface area (Å²) in [6.07, 6.45) is 4.35. The number of nitrogens with two attached hydrogens (primary N) is 1. The lowest BCUT2D eigenvalue weighted by atomic mass is 9.84. The first kappa shape index (κ1) is 21.3. The summed E-state index contributed by atoms with van der Waals surface area (Å²) in [6, 6.07) is 3.20. The third-order valence-electron chi connectivity index (χ3n) is 4.76. The highest BCUT2D eigenvalue weighted by molar-refractivity contribution is 5.95. The molecule has 9 heteroatoms. The van der Waals surface area contributed by atoms with Crippen LogP contribution >= 0.6 is 0 Å². The summed E-state index contributed by atoms with van der Waals surface area (Å²) in [6.45, 7) is 4.64. The quantitative estimate of drug-likeness (QED) is 0.604. The molecule has 4 amide bonds. The van der Waals surface area contributed by atoms with E-state index < -0.39 is 11.3 Å². The fourth-order valence-corrected chi connectivity index (χ4v) is 3.17. The molecule has 152 valence electrons. The summed E-state index contributed by atoms with van der Waals surface area (Å²) >= 11 is 0. The van der Waals surface area contributed by atoms with E-state index in [0.717, 1.165) is 0 Å². The summed E-state index contributed by atoms with van der Waals surface area (Å²) in [4.78, 5) is 53.4. The molecule has 0 radical (unpaired) electrons. The Labute approximate surface area is 164 Å². The van der Waals surface area contributed by atoms with Crippen molar-refractivity contribution in [3.63, 3.8) is 0 Å². The van der Waals surface area contributed by atoms with Gasteiger partial charge in [0, 0.05) is 44.2 Å². The molecule has 28 heavy (non-hydrogen) atoms. The summed E-state index contributed by atoms with van der Waals surface area (Å²) in [5, 5.41) is 0. The van der Waals surface area contributed by atoms with Crippen LogP contribution in [0.3, 0.4) is 0 Å².